The number of hydrogen-bond acceptors (Lipinski definition) is 7. The Bertz CT molecular complexity index is 966. The lowest BCUT2D eigenvalue weighted by Crippen LogP contribution is -2.48. The number of rotatable bonds is 6. The zero-order chi connectivity index (χ0) is 20.9. The van der Waals surface area contributed by atoms with Gasteiger partial charge in [-0.05, 0) is 47.4 Å². The fraction of sp³-hybridized carbons (Fsp3) is 0.429. The molecule has 156 valence electrons. The molecule has 3 heterocycles. The van der Waals surface area contributed by atoms with Crippen molar-refractivity contribution in [2.45, 2.75) is 26.8 Å². The maximum atomic E-state index is 13.4. The normalized spacial score (nSPS) is 15.0. The summed E-state index contributed by atoms with van der Waals surface area (Å²) in [5, 5.41) is 22.4. The topological polar surface area (TPSA) is 104 Å². The predicted octanol–water partition coefficient (Wildman–Crippen LogP) is 1.81. The molecule has 0 saturated carbocycles. The largest absolute Gasteiger partial charge is 0.336 e. The van der Waals surface area contributed by atoms with Crippen molar-refractivity contribution in [1.82, 2.24) is 40.6 Å². The molecule has 0 bridgehead atoms. The number of aromatic nitrogens is 6. The molecular weight excluding hydrogens is 380 g/mol. The van der Waals surface area contributed by atoms with E-state index in [0.717, 1.165) is 37.3 Å². The minimum atomic E-state index is 0.0135. The maximum absolute atomic E-state index is 13.4. The number of benzene rings is 1. The molecule has 1 amide bonds. The number of H-pyrrole nitrogens is 1. The van der Waals surface area contributed by atoms with Crippen LogP contribution in [0.4, 0.5) is 0 Å². The Hall–Kier alpha value is -3.20. The van der Waals surface area contributed by atoms with Crippen molar-refractivity contribution in [1.29, 1.82) is 0 Å². The van der Waals surface area contributed by atoms with Gasteiger partial charge in [0.25, 0.3) is 5.91 Å². The molecule has 1 N–H and O–H groups in total. The first kappa shape index (κ1) is 20.1. The second-order valence-electron chi connectivity index (χ2n) is 8.00. The van der Waals surface area contributed by atoms with Crippen LogP contribution in [0.25, 0.3) is 11.4 Å². The summed E-state index contributed by atoms with van der Waals surface area (Å²) in [4.78, 5) is 17.6. The second-order valence-corrected chi connectivity index (χ2v) is 8.00. The van der Waals surface area contributed by atoms with Crippen molar-refractivity contribution < 1.29 is 4.79 Å². The van der Waals surface area contributed by atoms with Gasteiger partial charge in [-0.3, -0.25) is 9.69 Å². The minimum Gasteiger partial charge on any atom is -0.336 e. The molecule has 1 aliphatic rings. The molecule has 3 aromatic rings. The highest BCUT2D eigenvalue weighted by Crippen LogP contribution is 2.24. The molecule has 0 atom stereocenters. The van der Waals surface area contributed by atoms with Crippen molar-refractivity contribution in [2.75, 3.05) is 26.2 Å². The Kier molecular flexibility index (Phi) is 6.08. The average Bonchev–Trinajstić information content (AvgIpc) is 3.29. The number of hydrogen-bond donors (Lipinski definition) is 1. The number of carbonyl (C=O) groups excluding carboxylic acids is 1. The number of amides is 1. The third-order valence-electron chi connectivity index (χ3n) is 5.22. The van der Waals surface area contributed by atoms with Crippen molar-refractivity contribution in [3.05, 3.63) is 53.3 Å². The van der Waals surface area contributed by atoms with E-state index in [1.54, 1.807) is 6.20 Å². The molecule has 1 aromatic carbocycles. The summed E-state index contributed by atoms with van der Waals surface area (Å²) >= 11 is 0. The van der Waals surface area contributed by atoms with E-state index in [0.29, 0.717) is 36.0 Å². The van der Waals surface area contributed by atoms with E-state index in [1.165, 1.54) is 0 Å². The molecule has 9 nitrogen and oxygen atoms in total. The summed E-state index contributed by atoms with van der Waals surface area (Å²) in [5.74, 6) is 0.962. The van der Waals surface area contributed by atoms with Gasteiger partial charge in [-0.25, -0.2) is 0 Å². The summed E-state index contributed by atoms with van der Waals surface area (Å²) in [7, 11) is 0. The van der Waals surface area contributed by atoms with E-state index in [-0.39, 0.29) is 5.91 Å². The molecule has 1 fully saturated rings. The molecule has 0 unspecified atom stereocenters. The van der Waals surface area contributed by atoms with Gasteiger partial charge < -0.3 is 4.90 Å². The second kappa shape index (κ2) is 9.08. The molecule has 0 aliphatic carbocycles. The highest BCUT2D eigenvalue weighted by atomic mass is 16.2. The van der Waals surface area contributed by atoms with Crippen molar-refractivity contribution in [3.8, 4) is 11.4 Å². The van der Waals surface area contributed by atoms with E-state index in [4.69, 9.17) is 0 Å². The molecule has 0 radical (unpaired) electrons. The highest BCUT2D eigenvalue weighted by molar-refractivity contribution is 6.00. The highest BCUT2D eigenvalue weighted by Gasteiger charge is 2.25. The van der Waals surface area contributed by atoms with Crippen LogP contribution in [0.1, 0.15) is 35.5 Å². The maximum Gasteiger partial charge on any atom is 0.254 e. The molecule has 30 heavy (non-hydrogen) atoms. The number of nitrogens with one attached hydrogen (secondary N) is 1. The zero-order valence-electron chi connectivity index (χ0n) is 17.3. The van der Waals surface area contributed by atoms with Crippen LogP contribution in [0, 0.1) is 5.92 Å². The molecule has 1 saturated heterocycles. The van der Waals surface area contributed by atoms with Gasteiger partial charge in [-0.15, -0.1) is 10.2 Å². The van der Waals surface area contributed by atoms with Crippen LogP contribution in [0.15, 0.2) is 36.5 Å². The lowest BCUT2D eigenvalue weighted by atomic mass is 9.96. The van der Waals surface area contributed by atoms with Crippen LogP contribution in [0.5, 0.6) is 0 Å². The first-order chi connectivity index (χ1) is 14.6. The summed E-state index contributed by atoms with van der Waals surface area (Å²) in [5.41, 5.74) is 3.43. The smallest absolute Gasteiger partial charge is 0.254 e. The Morgan fingerprint density at radius 2 is 1.97 bits per heavy atom. The Morgan fingerprint density at radius 1 is 1.13 bits per heavy atom. The first-order valence-electron chi connectivity index (χ1n) is 10.2. The quantitative estimate of drug-likeness (QED) is 0.666. The summed E-state index contributed by atoms with van der Waals surface area (Å²) < 4.78 is 0. The molecule has 4 rings (SSSR count). The Morgan fingerprint density at radius 3 is 2.63 bits per heavy atom. The molecule has 9 heteroatoms. The lowest BCUT2D eigenvalue weighted by Gasteiger charge is -2.34. The summed E-state index contributed by atoms with van der Waals surface area (Å²) in [6, 6.07) is 9.83. The minimum absolute atomic E-state index is 0.0135. The van der Waals surface area contributed by atoms with E-state index in [2.05, 4.69) is 49.6 Å². The van der Waals surface area contributed by atoms with Crippen LogP contribution in [-0.4, -0.2) is 72.7 Å². The molecule has 0 spiro atoms. The van der Waals surface area contributed by atoms with Crippen LogP contribution >= 0.6 is 0 Å². The van der Waals surface area contributed by atoms with Crippen molar-refractivity contribution in [2.24, 2.45) is 5.92 Å². The number of piperazine rings is 1. The molecule has 1 aliphatic heterocycles. The predicted molar refractivity (Wildman–Crippen MR) is 111 cm³/mol. The third kappa shape index (κ3) is 4.68. The van der Waals surface area contributed by atoms with E-state index >= 15 is 0 Å². The van der Waals surface area contributed by atoms with Crippen LogP contribution in [0.2, 0.25) is 0 Å². The van der Waals surface area contributed by atoms with Crippen LogP contribution in [0.3, 0.4) is 0 Å². The number of nitrogens with zero attached hydrogens (tertiary/aromatic N) is 7. The summed E-state index contributed by atoms with van der Waals surface area (Å²) in [6.45, 7) is 8.01. The van der Waals surface area contributed by atoms with Crippen LogP contribution in [-0.2, 0) is 13.0 Å². The van der Waals surface area contributed by atoms with E-state index < -0.39 is 0 Å². The lowest BCUT2D eigenvalue weighted by molar-refractivity contribution is 0.0627. The van der Waals surface area contributed by atoms with E-state index in [9.17, 15) is 4.79 Å². The summed E-state index contributed by atoms with van der Waals surface area (Å²) in [6.07, 6.45) is 2.59. The fourth-order valence-corrected chi connectivity index (χ4v) is 3.76. The van der Waals surface area contributed by atoms with Gasteiger partial charge in [0.2, 0.25) is 5.82 Å². The van der Waals surface area contributed by atoms with Gasteiger partial charge >= 0.3 is 0 Å². The van der Waals surface area contributed by atoms with E-state index in [1.807, 2.05) is 35.2 Å². The average molecular weight is 406 g/mol. The Balaban J connectivity index is 1.49. The molecule has 2 aromatic heterocycles. The van der Waals surface area contributed by atoms with Gasteiger partial charge in [-0.1, -0.05) is 19.9 Å². The van der Waals surface area contributed by atoms with Gasteiger partial charge in [0.1, 0.15) is 0 Å². The number of tetrazole rings is 1. The zero-order valence-corrected chi connectivity index (χ0v) is 17.3. The van der Waals surface area contributed by atoms with Crippen molar-refractivity contribution >= 4 is 5.91 Å². The van der Waals surface area contributed by atoms with Gasteiger partial charge in [-0.2, -0.15) is 15.4 Å². The number of aromatic amines is 1. The Labute approximate surface area is 175 Å². The third-order valence-corrected chi connectivity index (χ3v) is 5.22. The van der Waals surface area contributed by atoms with Gasteiger partial charge in [0.05, 0.1) is 11.3 Å². The fourth-order valence-electron chi connectivity index (χ4n) is 3.76. The monoisotopic (exact) mass is 406 g/mol. The first-order valence-corrected chi connectivity index (χ1v) is 10.2. The standard InChI is InChI=1S/C21H26N8O/c1-15(2)12-16-5-6-18(20-24-26-27-25-20)19(13-16)21(30)29-10-8-28(9-11-29)14-17-4-3-7-22-23-17/h3-7,13,15H,8-12,14H2,1-2H3,(H,24,25,26,27). The van der Waals surface area contributed by atoms with Gasteiger partial charge in [0, 0.05) is 44.5 Å². The van der Waals surface area contributed by atoms with Crippen LogP contribution < -0.4 is 0 Å². The van der Waals surface area contributed by atoms with Gasteiger partial charge in [0.15, 0.2) is 0 Å². The molecular formula is C21H26N8O. The van der Waals surface area contributed by atoms with Crippen molar-refractivity contribution in [3.63, 3.8) is 0 Å². The number of carbonyl (C=O) groups is 1. The SMILES string of the molecule is CC(C)Cc1ccc(-c2nn[nH]n2)c(C(=O)N2CCN(Cc3cccnn3)CC2)c1.